The summed E-state index contributed by atoms with van der Waals surface area (Å²) in [6, 6.07) is 5.83. The summed E-state index contributed by atoms with van der Waals surface area (Å²) >= 11 is 0. The Kier molecular flexibility index (Phi) is 3.02. The molecule has 104 valence electrons. The number of aromatic nitrogens is 5. The molecule has 20 heavy (non-hydrogen) atoms. The highest BCUT2D eigenvalue weighted by molar-refractivity contribution is 5.81. The fraction of sp³-hybridized carbons (Fsp3) is 0.308. The molecule has 0 fully saturated rings. The molecule has 0 aliphatic heterocycles. The van der Waals surface area contributed by atoms with Crippen molar-refractivity contribution < 1.29 is 4.74 Å². The van der Waals surface area contributed by atoms with Gasteiger partial charge in [-0.05, 0) is 18.6 Å². The van der Waals surface area contributed by atoms with Crippen LogP contribution >= 0.6 is 0 Å². The van der Waals surface area contributed by atoms with Crippen molar-refractivity contribution in [3.05, 3.63) is 18.2 Å². The molecule has 3 N–H and O–H groups in total. The van der Waals surface area contributed by atoms with Crippen molar-refractivity contribution >= 4 is 17.0 Å². The van der Waals surface area contributed by atoms with E-state index in [9.17, 15) is 0 Å². The Balaban J connectivity index is 2.21. The number of anilines is 1. The molecule has 0 bridgehead atoms. The van der Waals surface area contributed by atoms with Gasteiger partial charge in [0.1, 0.15) is 5.75 Å². The average molecular weight is 272 g/mol. The maximum Gasteiger partial charge on any atom is 0.239 e. The van der Waals surface area contributed by atoms with Crippen molar-refractivity contribution in [3.63, 3.8) is 0 Å². The first kappa shape index (κ1) is 12.5. The minimum atomic E-state index is 0.215. The standard InChI is InChI=1S/C13H16N6O/c1-3-6-19-10-5-4-8(20-2)7-9(10)15-12(19)11-16-13(14)18-17-11/h4-5,7H,3,6H2,1-2H3,(H3,14,16,17,18). The Bertz CT molecular complexity index is 744. The predicted molar refractivity (Wildman–Crippen MR) is 76.4 cm³/mol. The molecule has 2 aromatic heterocycles. The van der Waals surface area contributed by atoms with E-state index in [1.54, 1.807) is 7.11 Å². The molecule has 0 amide bonds. The third-order valence-electron chi connectivity index (χ3n) is 3.12. The highest BCUT2D eigenvalue weighted by Crippen LogP contribution is 2.26. The smallest absolute Gasteiger partial charge is 0.239 e. The van der Waals surface area contributed by atoms with Crippen LogP contribution in [0, 0.1) is 0 Å². The Morgan fingerprint density at radius 3 is 2.85 bits per heavy atom. The van der Waals surface area contributed by atoms with E-state index >= 15 is 0 Å². The van der Waals surface area contributed by atoms with Crippen molar-refractivity contribution in [1.29, 1.82) is 0 Å². The fourth-order valence-corrected chi connectivity index (χ4v) is 2.24. The van der Waals surface area contributed by atoms with Gasteiger partial charge in [-0.25, -0.2) is 4.98 Å². The van der Waals surface area contributed by atoms with Gasteiger partial charge < -0.3 is 15.0 Å². The third-order valence-corrected chi connectivity index (χ3v) is 3.12. The second-order valence-corrected chi connectivity index (χ2v) is 4.48. The number of nitrogens with one attached hydrogen (secondary N) is 1. The first-order chi connectivity index (χ1) is 9.72. The minimum absolute atomic E-state index is 0.215. The van der Waals surface area contributed by atoms with Crippen LogP contribution in [0.1, 0.15) is 13.3 Å². The molecular formula is C13H16N6O. The predicted octanol–water partition coefficient (Wildman–Crippen LogP) is 1.82. The summed E-state index contributed by atoms with van der Waals surface area (Å²) < 4.78 is 7.34. The van der Waals surface area contributed by atoms with Crippen LogP contribution in [-0.2, 0) is 6.54 Å². The summed E-state index contributed by atoms with van der Waals surface area (Å²) in [5.74, 6) is 2.31. The second-order valence-electron chi connectivity index (χ2n) is 4.48. The van der Waals surface area contributed by atoms with Gasteiger partial charge in [0.05, 0.1) is 18.1 Å². The van der Waals surface area contributed by atoms with Crippen LogP contribution in [-0.4, -0.2) is 31.8 Å². The van der Waals surface area contributed by atoms with Crippen molar-refractivity contribution in [1.82, 2.24) is 24.7 Å². The number of hydrogen-bond donors (Lipinski definition) is 2. The SMILES string of the molecule is CCCn1c(-c2nc(N)n[nH]2)nc2cc(OC)ccc21. The number of methoxy groups -OCH3 is 1. The van der Waals surface area contributed by atoms with Gasteiger partial charge in [0.15, 0.2) is 11.6 Å². The number of H-pyrrole nitrogens is 1. The largest absolute Gasteiger partial charge is 0.497 e. The van der Waals surface area contributed by atoms with Gasteiger partial charge in [0, 0.05) is 12.6 Å². The van der Waals surface area contributed by atoms with Gasteiger partial charge in [-0.3, -0.25) is 5.10 Å². The van der Waals surface area contributed by atoms with E-state index in [2.05, 4.69) is 31.7 Å². The molecular weight excluding hydrogens is 256 g/mol. The monoisotopic (exact) mass is 272 g/mol. The molecule has 7 heteroatoms. The van der Waals surface area contributed by atoms with Crippen LogP contribution in [0.25, 0.3) is 22.7 Å². The molecule has 2 heterocycles. The Hall–Kier alpha value is -2.57. The number of benzene rings is 1. The zero-order valence-electron chi connectivity index (χ0n) is 11.4. The molecule has 1 aromatic carbocycles. The highest BCUT2D eigenvalue weighted by Gasteiger charge is 2.15. The normalized spacial score (nSPS) is 11.1. The van der Waals surface area contributed by atoms with Gasteiger partial charge >= 0.3 is 0 Å². The molecule has 0 atom stereocenters. The van der Waals surface area contributed by atoms with Crippen LogP contribution in [0.3, 0.4) is 0 Å². The lowest BCUT2D eigenvalue weighted by molar-refractivity contribution is 0.415. The number of nitrogens with two attached hydrogens (primary N) is 1. The molecule has 0 saturated carbocycles. The molecule has 0 radical (unpaired) electrons. The van der Waals surface area contributed by atoms with Crippen molar-refractivity contribution in [2.75, 3.05) is 12.8 Å². The summed E-state index contributed by atoms with van der Waals surface area (Å²) in [5.41, 5.74) is 7.47. The van der Waals surface area contributed by atoms with E-state index in [4.69, 9.17) is 10.5 Å². The van der Waals surface area contributed by atoms with Crippen molar-refractivity contribution in [2.45, 2.75) is 19.9 Å². The Labute approximate surface area is 115 Å². The number of nitrogen functional groups attached to an aromatic ring is 1. The van der Waals surface area contributed by atoms with Crippen LogP contribution in [0.5, 0.6) is 5.75 Å². The highest BCUT2D eigenvalue weighted by atomic mass is 16.5. The van der Waals surface area contributed by atoms with E-state index in [0.717, 1.165) is 35.6 Å². The zero-order valence-corrected chi connectivity index (χ0v) is 11.4. The average Bonchev–Trinajstić information content (AvgIpc) is 3.03. The van der Waals surface area contributed by atoms with E-state index in [1.807, 2.05) is 18.2 Å². The summed E-state index contributed by atoms with van der Waals surface area (Å²) in [5, 5.41) is 6.67. The molecule has 3 rings (SSSR count). The van der Waals surface area contributed by atoms with Crippen molar-refractivity contribution in [3.8, 4) is 17.4 Å². The molecule has 0 saturated heterocycles. The van der Waals surface area contributed by atoms with Crippen molar-refractivity contribution in [2.24, 2.45) is 0 Å². The molecule has 0 unspecified atom stereocenters. The number of aryl methyl sites for hydroxylation is 1. The zero-order chi connectivity index (χ0) is 14.1. The summed E-state index contributed by atoms with van der Waals surface area (Å²) in [7, 11) is 1.64. The Morgan fingerprint density at radius 2 is 2.20 bits per heavy atom. The lowest BCUT2D eigenvalue weighted by Crippen LogP contribution is -2.00. The number of aromatic amines is 1. The van der Waals surface area contributed by atoms with Gasteiger partial charge in [-0.15, -0.1) is 5.10 Å². The molecule has 0 aliphatic carbocycles. The van der Waals surface area contributed by atoms with Crippen LogP contribution in [0.2, 0.25) is 0 Å². The summed E-state index contributed by atoms with van der Waals surface area (Å²) in [6.07, 6.45) is 0.994. The lowest BCUT2D eigenvalue weighted by Gasteiger charge is -2.05. The van der Waals surface area contributed by atoms with E-state index in [-0.39, 0.29) is 5.95 Å². The number of hydrogen-bond acceptors (Lipinski definition) is 5. The van der Waals surface area contributed by atoms with E-state index in [0.29, 0.717) is 5.82 Å². The van der Waals surface area contributed by atoms with Crippen LogP contribution in [0.15, 0.2) is 18.2 Å². The lowest BCUT2D eigenvalue weighted by atomic mass is 10.3. The van der Waals surface area contributed by atoms with Gasteiger partial charge in [-0.1, -0.05) is 6.92 Å². The first-order valence-corrected chi connectivity index (χ1v) is 6.45. The molecule has 7 nitrogen and oxygen atoms in total. The van der Waals surface area contributed by atoms with Gasteiger partial charge in [0.2, 0.25) is 5.95 Å². The summed E-state index contributed by atoms with van der Waals surface area (Å²) in [6.45, 7) is 2.96. The van der Waals surface area contributed by atoms with Crippen LogP contribution < -0.4 is 10.5 Å². The molecule has 3 aromatic rings. The fourth-order valence-electron chi connectivity index (χ4n) is 2.24. The number of imidazole rings is 1. The topological polar surface area (TPSA) is 94.6 Å². The number of nitrogens with zero attached hydrogens (tertiary/aromatic N) is 4. The Morgan fingerprint density at radius 1 is 1.35 bits per heavy atom. The minimum Gasteiger partial charge on any atom is -0.497 e. The number of ether oxygens (including phenoxy) is 1. The quantitative estimate of drug-likeness (QED) is 0.755. The number of rotatable bonds is 4. The van der Waals surface area contributed by atoms with E-state index < -0.39 is 0 Å². The molecule has 0 spiro atoms. The van der Waals surface area contributed by atoms with Gasteiger partial charge in [-0.2, -0.15) is 4.98 Å². The summed E-state index contributed by atoms with van der Waals surface area (Å²) in [4.78, 5) is 8.78. The first-order valence-electron chi connectivity index (χ1n) is 6.45. The number of fused-ring (bicyclic) bond motifs is 1. The maximum absolute atomic E-state index is 5.57. The van der Waals surface area contributed by atoms with E-state index in [1.165, 1.54) is 0 Å². The maximum atomic E-state index is 5.57. The van der Waals surface area contributed by atoms with Crippen LogP contribution in [0.4, 0.5) is 5.95 Å². The second kappa shape index (κ2) is 4.84. The third kappa shape index (κ3) is 1.97. The van der Waals surface area contributed by atoms with Gasteiger partial charge in [0.25, 0.3) is 0 Å². The molecule has 0 aliphatic rings.